The number of benzene rings is 2. The number of carbonyl (C=O) groups is 1. The summed E-state index contributed by atoms with van der Waals surface area (Å²) in [6.45, 7) is 10.9. The molecule has 5 nitrogen and oxygen atoms in total. The fraction of sp³-hybridized carbons (Fsp3) is 0.333. The second kappa shape index (κ2) is 8.52. The number of hydrogen-bond donors (Lipinski definition) is 2. The van der Waals surface area contributed by atoms with Gasteiger partial charge in [-0.2, -0.15) is 0 Å². The number of hydrogen-bond acceptors (Lipinski definition) is 4. The molecule has 29 heavy (non-hydrogen) atoms. The summed E-state index contributed by atoms with van der Waals surface area (Å²) in [5.41, 5.74) is 9.63. The highest BCUT2D eigenvalue weighted by Crippen LogP contribution is 2.30. The van der Waals surface area contributed by atoms with E-state index in [2.05, 4.69) is 55.0 Å². The summed E-state index contributed by atoms with van der Waals surface area (Å²) >= 11 is 0. The normalized spacial score (nSPS) is 18.8. The fourth-order valence-electron chi connectivity index (χ4n) is 3.87. The Morgan fingerprint density at radius 3 is 2.59 bits per heavy atom. The number of rotatable bonds is 8. The predicted molar refractivity (Wildman–Crippen MR) is 121 cm³/mol. The van der Waals surface area contributed by atoms with Gasteiger partial charge in [0.1, 0.15) is 5.54 Å². The lowest BCUT2D eigenvalue weighted by molar-refractivity contribution is -0.131. The van der Waals surface area contributed by atoms with Crippen LogP contribution in [-0.2, 0) is 11.3 Å². The molecule has 2 aromatic carbocycles. The van der Waals surface area contributed by atoms with E-state index in [-0.39, 0.29) is 5.91 Å². The highest BCUT2D eigenvalue weighted by Gasteiger charge is 2.43. The Balaban J connectivity index is 1.80. The third-order valence-corrected chi connectivity index (χ3v) is 5.06. The van der Waals surface area contributed by atoms with Crippen molar-refractivity contribution < 1.29 is 4.79 Å². The van der Waals surface area contributed by atoms with E-state index in [1.807, 2.05) is 37.3 Å². The van der Waals surface area contributed by atoms with Crippen molar-refractivity contribution in [1.82, 2.24) is 4.90 Å². The SMILES string of the molecule is C=CCNc1cccc(-c2cccc(CN3C(=O)C(C)(CC(C)C)N=C3N)c2)c1. The molecule has 0 spiro atoms. The second-order valence-electron chi connectivity index (χ2n) is 8.18. The molecule has 0 bridgehead atoms. The number of guanidine groups is 1. The zero-order valence-electron chi connectivity index (χ0n) is 17.5. The minimum Gasteiger partial charge on any atom is -0.382 e. The number of carbonyl (C=O) groups excluding carboxylic acids is 1. The lowest BCUT2D eigenvalue weighted by Gasteiger charge is -2.23. The third-order valence-electron chi connectivity index (χ3n) is 5.06. The fourth-order valence-corrected chi connectivity index (χ4v) is 3.87. The van der Waals surface area contributed by atoms with Crippen molar-refractivity contribution in [2.45, 2.75) is 39.3 Å². The maximum atomic E-state index is 13.0. The summed E-state index contributed by atoms with van der Waals surface area (Å²) in [4.78, 5) is 19.1. The van der Waals surface area contributed by atoms with Gasteiger partial charge in [0.25, 0.3) is 5.91 Å². The van der Waals surface area contributed by atoms with Gasteiger partial charge in [-0.05, 0) is 54.2 Å². The molecule has 1 aliphatic heterocycles. The molecular formula is C24H30N4O. The van der Waals surface area contributed by atoms with Gasteiger partial charge in [0.15, 0.2) is 5.96 Å². The summed E-state index contributed by atoms with van der Waals surface area (Å²) in [6, 6.07) is 16.4. The standard InChI is InChI=1S/C24H30N4O/c1-5-12-26-21-11-7-10-20(14-21)19-9-6-8-18(13-19)16-28-22(29)24(4,15-17(2)3)27-23(28)25/h5-11,13-14,17,26H,1,12,15-16H2,2-4H3,(H2,25,27). The molecule has 0 saturated carbocycles. The van der Waals surface area contributed by atoms with Crippen molar-refractivity contribution in [1.29, 1.82) is 0 Å². The molecule has 0 fully saturated rings. The highest BCUT2D eigenvalue weighted by molar-refractivity contribution is 6.06. The van der Waals surface area contributed by atoms with Crippen LogP contribution in [0.4, 0.5) is 5.69 Å². The molecule has 1 amide bonds. The number of anilines is 1. The van der Waals surface area contributed by atoms with E-state index in [0.717, 1.165) is 22.4 Å². The van der Waals surface area contributed by atoms with E-state index in [1.54, 1.807) is 4.90 Å². The Morgan fingerprint density at radius 2 is 1.90 bits per heavy atom. The van der Waals surface area contributed by atoms with Crippen LogP contribution in [0.2, 0.25) is 0 Å². The van der Waals surface area contributed by atoms with E-state index in [1.165, 1.54) is 0 Å². The van der Waals surface area contributed by atoms with Crippen molar-refractivity contribution in [2.24, 2.45) is 16.6 Å². The minimum absolute atomic E-state index is 0.0234. The number of nitrogens with zero attached hydrogens (tertiary/aromatic N) is 2. The maximum Gasteiger partial charge on any atom is 0.257 e. The molecule has 152 valence electrons. The Hall–Kier alpha value is -3.08. The summed E-state index contributed by atoms with van der Waals surface area (Å²) < 4.78 is 0. The van der Waals surface area contributed by atoms with Crippen LogP contribution in [0, 0.1) is 5.92 Å². The molecule has 1 unspecified atom stereocenters. The molecule has 0 saturated heterocycles. The number of nitrogens with one attached hydrogen (secondary N) is 1. The zero-order chi connectivity index (χ0) is 21.0. The van der Waals surface area contributed by atoms with Crippen molar-refractivity contribution in [3.05, 3.63) is 66.7 Å². The number of nitrogens with two attached hydrogens (primary N) is 1. The van der Waals surface area contributed by atoms with Gasteiger partial charge in [-0.3, -0.25) is 9.69 Å². The minimum atomic E-state index is -0.763. The summed E-state index contributed by atoms with van der Waals surface area (Å²) in [5, 5.41) is 3.31. The van der Waals surface area contributed by atoms with Crippen molar-refractivity contribution in [3.63, 3.8) is 0 Å². The third kappa shape index (κ3) is 4.67. The van der Waals surface area contributed by atoms with Crippen LogP contribution in [-0.4, -0.2) is 28.9 Å². The highest BCUT2D eigenvalue weighted by atomic mass is 16.2. The summed E-state index contributed by atoms with van der Waals surface area (Å²) in [6.07, 6.45) is 2.52. The number of aliphatic imine (C=N–C) groups is 1. The van der Waals surface area contributed by atoms with E-state index < -0.39 is 5.54 Å². The first-order chi connectivity index (χ1) is 13.8. The Labute approximate surface area is 173 Å². The van der Waals surface area contributed by atoms with Gasteiger partial charge in [0.2, 0.25) is 0 Å². The van der Waals surface area contributed by atoms with Crippen LogP contribution < -0.4 is 11.1 Å². The molecule has 1 heterocycles. The van der Waals surface area contributed by atoms with Crippen molar-refractivity contribution >= 4 is 17.6 Å². The van der Waals surface area contributed by atoms with E-state index >= 15 is 0 Å². The summed E-state index contributed by atoms with van der Waals surface area (Å²) in [5.74, 6) is 0.648. The van der Waals surface area contributed by atoms with Gasteiger partial charge in [-0.15, -0.1) is 6.58 Å². The molecule has 0 aliphatic carbocycles. The largest absolute Gasteiger partial charge is 0.382 e. The quantitative estimate of drug-likeness (QED) is 0.656. The average Bonchev–Trinajstić information content (AvgIpc) is 2.89. The van der Waals surface area contributed by atoms with E-state index in [0.29, 0.717) is 31.4 Å². The van der Waals surface area contributed by atoms with Gasteiger partial charge in [-0.1, -0.05) is 50.3 Å². The van der Waals surface area contributed by atoms with Gasteiger partial charge in [0.05, 0.1) is 6.54 Å². The molecule has 1 aliphatic rings. The van der Waals surface area contributed by atoms with Crippen LogP contribution >= 0.6 is 0 Å². The van der Waals surface area contributed by atoms with Crippen molar-refractivity contribution in [3.8, 4) is 11.1 Å². The molecule has 3 rings (SSSR count). The molecule has 5 heteroatoms. The smallest absolute Gasteiger partial charge is 0.257 e. The van der Waals surface area contributed by atoms with Gasteiger partial charge >= 0.3 is 0 Å². The Morgan fingerprint density at radius 1 is 1.21 bits per heavy atom. The first-order valence-electron chi connectivity index (χ1n) is 10.0. The lowest BCUT2D eigenvalue weighted by atomic mass is 9.91. The first-order valence-corrected chi connectivity index (χ1v) is 10.0. The topological polar surface area (TPSA) is 70.7 Å². The van der Waals surface area contributed by atoms with Crippen LogP contribution in [0.25, 0.3) is 11.1 Å². The molecular weight excluding hydrogens is 360 g/mol. The maximum absolute atomic E-state index is 13.0. The molecule has 3 N–H and O–H groups in total. The van der Waals surface area contributed by atoms with E-state index in [4.69, 9.17) is 5.73 Å². The Bertz CT molecular complexity index is 934. The lowest BCUT2D eigenvalue weighted by Crippen LogP contribution is -2.43. The second-order valence-corrected chi connectivity index (χ2v) is 8.18. The van der Waals surface area contributed by atoms with Gasteiger partial charge < -0.3 is 11.1 Å². The van der Waals surface area contributed by atoms with Crippen LogP contribution in [0.1, 0.15) is 32.8 Å². The molecule has 0 aromatic heterocycles. The van der Waals surface area contributed by atoms with Gasteiger partial charge in [-0.25, -0.2) is 4.99 Å². The monoisotopic (exact) mass is 390 g/mol. The van der Waals surface area contributed by atoms with Gasteiger partial charge in [0, 0.05) is 12.2 Å². The predicted octanol–water partition coefficient (Wildman–Crippen LogP) is 4.41. The van der Waals surface area contributed by atoms with Crippen LogP contribution in [0.15, 0.2) is 66.2 Å². The van der Waals surface area contributed by atoms with E-state index in [9.17, 15) is 4.79 Å². The molecule has 1 atom stereocenters. The Kier molecular flexibility index (Phi) is 6.06. The molecule has 0 radical (unpaired) electrons. The first kappa shape index (κ1) is 20.6. The van der Waals surface area contributed by atoms with Crippen LogP contribution in [0.5, 0.6) is 0 Å². The van der Waals surface area contributed by atoms with Crippen LogP contribution in [0.3, 0.4) is 0 Å². The zero-order valence-corrected chi connectivity index (χ0v) is 17.5. The number of amides is 1. The molecule has 2 aromatic rings. The van der Waals surface area contributed by atoms with Crippen molar-refractivity contribution in [2.75, 3.05) is 11.9 Å². The summed E-state index contributed by atoms with van der Waals surface area (Å²) in [7, 11) is 0. The average molecular weight is 391 g/mol.